The van der Waals surface area contributed by atoms with Crippen LogP contribution in [-0.4, -0.2) is 15.4 Å². The molecule has 0 radical (unpaired) electrons. The molecular weight excluding hydrogens is 174 g/mol. The summed E-state index contributed by atoms with van der Waals surface area (Å²) in [6.45, 7) is 13.5. The molecule has 80 valence electrons. The summed E-state index contributed by atoms with van der Waals surface area (Å²) in [5, 5.41) is 10.8. The zero-order chi connectivity index (χ0) is 11.0. The van der Waals surface area contributed by atoms with Crippen LogP contribution in [-0.2, 0) is 0 Å². The molecular formula is C11H21N3. The number of nitrogens with one attached hydrogen (secondary N) is 1. The van der Waals surface area contributed by atoms with Crippen LogP contribution in [0.25, 0.3) is 0 Å². The van der Waals surface area contributed by atoms with Gasteiger partial charge in [-0.2, -0.15) is 15.4 Å². The molecule has 1 N–H and O–H groups in total. The lowest BCUT2D eigenvalue weighted by Crippen LogP contribution is -2.30. The Morgan fingerprint density at radius 2 is 1.57 bits per heavy atom. The fraction of sp³-hybridized carbons (Fsp3) is 0.818. The third kappa shape index (κ3) is 2.34. The standard InChI is InChI=1S/C11H21N3/c1-10(2,3)9(11(4,5)6)8-7-12-14-13-8/h7,9H,1-6H3,(H,12,13,14). The minimum atomic E-state index is 0.203. The highest BCUT2D eigenvalue weighted by molar-refractivity contribution is 5.10. The molecule has 1 rings (SSSR count). The molecule has 14 heavy (non-hydrogen) atoms. The summed E-state index contributed by atoms with van der Waals surface area (Å²) in [5.41, 5.74) is 1.47. The topological polar surface area (TPSA) is 41.6 Å². The number of aromatic amines is 1. The summed E-state index contributed by atoms with van der Waals surface area (Å²) in [6, 6.07) is 0. The highest BCUT2D eigenvalue weighted by Crippen LogP contribution is 2.46. The van der Waals surface area contributed by atoms with Gasteiger partial charge in [0, 0.05) is 5.92 Å². The van der Waals surface area contributed by atoms with Crippen LogP contribution in [0, 0.1) is 10.8 Å². The molecule has 1 aromatic rings. The number of aromatic nitrogens is 3. The molecule has 0 bridgehead atoms. The highest BCUT2D eigenvalue weighted by atomic mass is 15.3. The second-order valence-electron chi connectivity index (χ2n) is 6.06. The van der Waals surface area contributed by atoms with Crippen molar-refractivity contribution in [3.05, 3.63) is 11.9 Å². The number of nitrogens with zero attached hydrogens (tertiary/aromatic N) is 2. The van der Waals surface area contributed by atoms with Gasteiger partial charge in [0.25, 0.3) is 0 Å². The van der Waals surface area contributed by atoms with Gasteiger partial charge in [-0.05, 0) is 10.8 Å². The molecule has 0 aromatic carbocycles. The van der Waals surface area contributed by atoms with Crippen molar-refractivity contribution >= 4 is 0 Å². The molecule has 0 aliphatic carbocycles. The van der Waals surface area contributed by atoms with E-state index in [0.29, 0.717) is 5.92 Å². The van der Waals surface area contributed by atoms with E-state index in [2.05, 4.69) is 57.0 Å². The van der Waals surface area contributed by atoms with Crippen LogP contribution in [0.1, 0.15) is 53.2 Å². The normalized spacial score (nSPS) is 13.6. The SMILES string of the molecule is CC(C)(C)C(c1cn[nH]n1)C(C)(C)C. The van der Waals surface area contributed by atoms with E-state index in [4.69, 9.17) is 0 Å². The van der Waals surface area contributed by atoms with Crippen LogP contribution in [0.15, 0.2) is 6.20 Å². The van der Waals surface area contributed by atoms with Crippen LogP contribution in [0.4, 0.5) is 0 Å². The Balaban J connectivity index is 3.08. The van der Waals surface area contributed by atoms with Crippen LogP contribution >= 0.6 is 0 Å². The van der Waals surface area contributed by atoms with Gasteiger partial charge in [0.05, 0.1) is 11.9 Å². The molecule has 0 fully saturated rings. The largest absolute Gasteiger partial charge is 0.198 e. The molecule has 0 saturated carbocycles. The Morgan fingerprint density at radius 1 is 1.07 bits per heavy atom. The Hall–Kier alpha value is -0.860. The molecule has 0 saturated heterocycles. The van der Waals surface area contributed by atoms with Gasteiger partial charge in [0.15, 0.2) is 0 Å². The third-order valence-electron chi connectivity index (χ3n) is 2.46. The Morgan fingerprint density at radius 3 is 1.86 bits per heavy atom. The number of rotatable bonds is 1. The second-order valence-corrected chi connectivity index (χ2v) is 6.06. The molecule has 0 amide bonds. The minimum absolute atomic E-state index is 0.203. The first kappa shape index (κ1) is 11.2. The predicted molar refractivity (Wildman–Crippen MR) is 58.0 cm³/mol. The van der Waals surface area contributed by atoms with E-state index >= 15 is 0 Å². The van der Waals surface area contributed by atoms with E-state index in [0.717, 1.165) is 5.69 Å². The van der Waals surface area contributed by atoms with E-state index in [-0.39, 0.29) is 10.8 Å². The Kier molecular flexibility index (Phi) is 2.70. The van der Waals surface area contributed by atoms with E-state index in [1.165, 1.54) is 0 Å². The van der Waals surface area contributed by atoms with Crippen molar-refractivity contribution in [2.75, 3.05) is 0 Å². The lowest BCUT2D eigenvalue weighted by atomic mass is 9.65. The van der Waals surface area contributed by atoms with E-state index in [1.54, 1.807) is 0 Å². The van der Waals surface area contributed by atoms with Crippen LogP contribution < -0.4 is 0 Å². The van der Waals surface area contributed by atoms with Crippen LogP contribution in [0.3, 0.4) is 0 Å². The van der Waals surface area contributed by atoms with Crippen molar-refractivity contribution in [1.82, 2.24) is 15.4 Å². The maximum absolute atomic E-state index is 4.21. The third-order valence-corrected chi connectivity index (χ3v) is 2.46. The summed E-state index contributed by atoms with van der Waals surface area (Å²) >= 11 is 0. The van der Waals surface area contributed by atoms with E-state index < -0.39 is 0 Å². The van der Waals surface area contributed by atoms with Gasteiger partial charge >= 0.3 is 0 Å². The summed E-state index contributed by atoms with van der Waals surface area (Å²) in [5.74, 6) is 0.411. The van der Waals surface area contributed by atoms with Crippen LogP contribution in [0.2, 0.25) is 0 Å². The molecule has 3 heteroatoms. The summed E-state index contributed by atoms with van der Waals surface area (Å²) in [7, 11) is 0. The Bertz CT molecular complexity index is 260. The van der Waals surface area contributed by atoms with Gasteiger partial charge in [0.1, 0.15) is 0 Å². The number of H-pyrrole nitrogens is 1. The zero-order valence-electron chi connectivity index (χ0n) is 10.0. The molecule has 3 nitrogen and oxygen atoms in total. The maximum atomic E-state index is 4.21. The van der Waals surface area contributed by atoms with Gasteiger partial charge in [-0.15, -0.1) is 0 Å². The van der Waals surface area contributed by atoms with Gasteiger partial charge in [-0.1, -0.05) is 41.5 Å². The Labute approximate surface area is 86.3 Å². The molecule has 0 spiro atoms. The lowest BCUT2D eigenvalue weighted by molar-refractivity contribution is 0.172. The number of hydrogen-bond donors (Lipinski definition) is 1. The van der Waals surface area contributed by atoms with E-state index in [9.17, 15) is 0 Å². The summed E-state index contributed by atoms with van der Waals surface area (Å²) in [4.78, 5) is 0. The lowest BCUT2D eigenvalue weighted by Gasteiger charge is -2.39. The van der Waals surface area contributed by atoms with Crippen molar-refractivity contribution in [1.29, 1.82) is 0 Å². The van der Waals surface area contributed by atoms with Crippen LogP contribution in [0.5, 0.6) is 0 Å². The molecule has 1 heterocycles. The summed E-state index contributed by atoms with van der Waals surface area (Å²) < 4.78 is 0. The quantitative estimate of drug-likeness (QED) is 0.748. The molecule has 0 atom stereocenters. The van der Waals surface area contributed by atoms with Gasteiger partial charge in [-0.25, -0.2) is 0 Å². The van der Waals surface area contributed by atoms with Gasteiger partial charge in [0.2, 0.25) is 0 Å². The number of hydrogen-bond acceptors (Lipinski definition) is 2. The predicted octanol–water partition coefficient (Wildman–Crippen LogP) is 2.98. The first-order valence-corrected chi connectivity index (χ1v) is 5.08. The fourth-order valence-electron chi connectivity index (χ4n) is 2.54. The zero-order valence-corrected chi connectivity index (χ0v) is 10.0. The van der Waals surface area contributed by atoms with Crippen molar-refractivity contribution in [3.8, 4) is 0 Å². The smallest absolute Gasteiger partial charge is 0.0865 e. The minimum Gasteiger partial charge on any atom is -0.198 e. The first-order chi connectivity index (χ1) is 6.23. The fourth-order valence-corrected chi connectivity index (χ4v) is 2.54. The second kappa shape index (κ2) is 3.37. The summed E-state index contributed by atoms with van der Waals surface area (Å²) in [6.07, 6.45) is 1.83. The first-order valence-electron chi connectivity index (χ1n) is 5.08. The molecule has 1 aromatic heterocycles. The average Bonchev–Trinajstić information content (AvgIpc) is 2.31. The van der Waals surface area contributed by atoms with Gasteiger partial charge in [-0.3, -0.25) is 0 Å². The molecule has 0 aliphatic heterocycles. The highest BCUT2D eigenvalue weighted by Gasteiger charge is 2.37. The molecule has 0 unspecified atom stereocenters. The van der Waals surface area contributed by atoms with E-state index in [1.807, 2.05) is 6.20 Å². The van der Waals surface area contributed by atoms with Gasteiger partial charge < -0.3 is 0 Å². The van der Waals surface area contributed by atoms with Crippen molar-refractivity contribution in [2.45, 2.75) is 47.5 Å². The van der Waals surface area contributed by atoms with Crippen molar-refractivity contribution < 1.29 is 0 Å². The maximum Gasteiger partial charge on any atom is 0.0865 e. The average molecular weight is 195 g/mol. The molecule has 0 aliphatic rings. The van der Waals surface area contributed by atoms with Crippen molar-refractivity contribution in [3.63, 3.8) is 0 Å². The monoisotopic (exact) mass is 195 g/mol. The van der Waals surface area contributed by atoms with Crippen molar-refractivity contribution in [2.24, 2.45) is 10.8 Å².